The Balaban J connectivity index is 1.72. The second-order valence-corrected chi connectivity index (χ2v) is 10.3. The minimum atomic E-state index is -4.78. The molecule has 0 aliphatic rings. The summed E-state index contributed by atoms with van der Waals surface area (Å²) in [5.74, 6) is -1.82. The van der Waals surface area contributed by atoms with E-state index in [0.717, 1.165) is 34.7 Å². The van der Waals surface area contributed by atoms with Crippen LogP contribution in [0.1, 0.15) is 37.7 Å². The maximum absolute atomic E-state index is 13.4. The van der Waals surface area contributed by atoms with Crippen molar-refractivity contribution in [3.8, 4) is 0 Å². The molecular formula is C25H21F3N4O4S. The Bertz CT molecular complexity index is 1650. The van der Waals surface area contributed by atoms with E-state index in [1.54, 1.807) is 24.4 Å². The van der Waals surface area contributed by atoms with Crippen LogP contribution in [0.3, 0.4) is 0 Å². The molecule has 0 atom stereocenters. The van der Waals surface area contributed by atoms with Crippen molar-refractivity contribution in [3.05, 3.63) is 88.9 Å². The maximum atomic E-state index is 13.4. The van der Waals surface area contributed by atoms with Gasteiger partial charge in [-0.1, -0.05) is 18.2 Å². The quantitative estimate of drug-likeness (QED) is 0.388. The standard InChI is InChI=1S/C25H21F3N4O4S/c1-14-20(24(34)32(2)13-15-8-9-19-16(11-15)5-4-10-30-19)31-21(23(29)33)22(14)37(35,36)18-7-3-6-17(12-18)25(26,27)28/h3-12,31H,13H2,1-2H3,(H2,29,33). The van der Waals surface area contributed by atoms with Gasteiger partial charge in [-0.15, -0.1) is 0 Å². The molecule has 0 unspecified atom stereocenters. The van der Waals surface area contributed by atoms with Crippen molar-refractivity contribution in [1.29, 1.82) is 0 Å². The van der Waals surface area contributed by atoms with Crippen LogP contribution in [0.5, 0.6) is 0 Å². The van der Waals surface area contributed by atoms with Crippen LogP contribution in [0.4, 0.5) is 13.2 Å². The molecule has 0 radical (unpaired) electrons. The van der Waals surface area contributed by atoms with Gasteiger partial charge in [-0.3, -0.25) is 14.6 Å². The van der Waals surface area contributed by atoms with E-state index in [0.29, 0.717) is 6.07 Å². The lowest BCUT2D eigenvalue weighted by Crippen LogP contribution is -2.27. The van der Waals surface area contributed by atoms with E-state index >= 15 is 0 Å². The fraction of sp³-hybridized carbons (Fsp3) is 0.160. The number of nitrogens with zero attached hydrogens (tertiary/aromatic N) is 2. The predicted octanol–water partition coefficient (Wildman–Crippen LogP) is 4.09. The molecule has 0 saturated carbocycles. The molecule has 2 amide bonds. The molecule has 2 aromatic heterocycles. The number of aromatic amines is 1. The van der Waals surface area contributed by atoms with Gasteiger partial charge in [0.2, 0.25) is 9.84 Å². The summed E-state index contributed by atoms with van der Waals surface area (Å²) in [5, 5.41) is 0.863. The van der Waals surface area contributed by atoms with Crippen LogP contribution in [0.15, 0.2) is 70.6 Å². The maximum Gasteiger partial charge on any atom is 0.416 e. The summed E-state index contributed by atoms with van der Waals surface area (Å²) in [6.07, 6.45) is -3.12. The lowest BCUT2D eigenvalue weighted by Gasteiger charge is -2.17. The Morgan fingerprint density at radius 3 is 2.46 bits per heavy atom. The van der Waals surface area contributed by atoms with Gasteiger partial charge in [0.05, 0.1) is 16.0 Å². The number of hydrogen-bond donors (Lipinski definition) is 2. The molecule has 3 N–H and O–H groups in total. The topological polar surface area (TPSA) is 126 Å². The minimum Gasteiger partial charge on any atom is -0.364 e. The van der Waals surface area contributed by atoms with E-state index in [2.05, 4.69) is 9.97 Å². The molecule has 0 bridgehead atoms. The zero-order valence-electron chi connectivity index (χ0n) is 19.6. The van der Waals surface area contributed by atoms with Gasteiger partial charge in [0.15, 0.2) is 0 Å². The van der Waals surface area contributed by atoms with Crippen molar-refractivity contribution in [2.45, 2.75) is 29.4 Å². The number of H-pyrrole nitrogens is 1. The molecule has 0 fully saturated rings. The summed E-state index contributed by atoms with van der Waals surface area (Å²) in [4.78, 5) is 32.1. The predicted molar refractivity (Wildman–Crippen MR) is 128 cm³/mol. The summed E-state index contributed by atoms with van der Waals surface area (Å²) in [6, 6.07) is 12.2. The van der Waals surface area contributed by atoms with Gasteiger partial charge in [0.25, 0.3) is 11.8 Å². The highest BCUT2D eigenvalue weighted by molar-refractivity contribution is 7.91. The summed E-state index contributed by atoms with van der Waals surface area (Å²) in [7, 11) is -3.17. The summed E-state index contributed by atoms with van der Waals surface area (Å²) >= 11 is 0. The first-order valence-corrected chi connectivity index (χ1v) is 12.3. The number of nitrogens with two attached hydrogens (primary N) is 1. The Morgan fingerprint density at radius 1 is 1.05 bits per heavy atom. The number of primary amides is 1. The molecule has 2 heterocycles. The van der Waals surface area contributed by atoms with E-state index in [1.165, 1.54) is 18.9 Å². The van der Waals surface area contributed by atoms with Gasteiger partial charge in [0, 0.05) is 25.2 Å². The number of fused-ring (bicyclic) bond motifs is 1. The normalized spacial score (nSPS) is 12.0. The Kier molecular flexibility index (Phi) is 6.55. The first-order valence-electron chi connectivity index (χ1n) is 10.8. The van der Waals surface area contributed by atoms with Gasteiger partial charge >= 0.3 is 6.18 Å². The van der Waals surface area contributed by atoms with Crippen LogP contribution in [0, 0.1) is 6.92 Å². The molecule has 4 rings (SSSR count). The van der Waals surface area contributed by atoms with Crippen LogP contribution >= 0.6 is 0 Å². The summed E-state index contributed by atoms with van der Waals surface area (Å²) in [5.41, 5.74) is 4.80. The third-order valence-corrected chi connectivity index (χ3v) is 7.75. The van der Waals surface area contributed by atoms with Crippen molar-refractivity contribution >= 4 is 32.6 Å². The van der Waals surface area contributed by atoms with E-state index in [-0.39, 0.29) is 17.8 Å². The van der Waals surface area contributed by atoms with E-state index in [9.17, 15) is 31.2 Å². The lowest BCUT2D eigenvalue weighted by molar-refractivity contribution is -0.137. The third kappa shape index (κ3) is 4.92. The number of carbonyl (C=O) groups excluding carboxylic acids is 2. The number of carbonyl (C=O) groups is 2. The highest BCUT2D eigenvalue weighted by atomic mass is 32.2. The average molecular weight is 531 g/mol. The number of alkyl halides is 3. The van der Waals surface area contributed by atoms with Crippen LogP contribution in [0.2, 0.25) is 0 Å². The molecule has 12 heteroatoms. The number of halogens is 3. The van der Waals surface area contributed by atoms with Crippen molar-refractivity contribution in [3.63, 3.8) is 0 Å². The Morgan fingerprint density at radius 2 is 1.78 bits per heavy atom. The van der Waals surface area contributed by atoms with Crippen molar-refractivity contribution in [2.24, 2.45) is 5.73 Å². The van der Waals surface area contributed by atoms with Crippen molar-refractivity contribution < 1.29 is 31.2 Å². The Hall–Kier alpha value is -4.19. The first-order chi connectivity index (χ1) is 17.3. The molecule has 8 nitrogen and oxygen atoms in total. The molecule has 0 saturated heterocycles. The van der Waals surface area contributed by atoms with E-state index in [1.807, 2.05) is 12.1 Å². The number of hydrogen-bond acceptors (Lipinski definition) is 5. The lowest BCUT2D eigenvalue weighted by atomic mass is 10.1. The second kappa shape index (κ2) is 9.36. The van der Waals surface area contributed by atoms with Gasteiger partial charge < -0.3 is 15.6 Å². The number of pyridine rings is 1. The molecule has 0 spiro atoms. The first kappa shape index (κ1) is 25.9. The molecule has 2 aromatic carbocycles. The number of nitrogens with one attached hydrogen (secondary N) is 1. The molecule has 0 aliphatic carbocycles. The van der Waals surface area contributed by atoms with Crippen molar-refractivity contribution in [1.82, 2.24) is 14.9 Å². The fourth-order valence-electron chi connectivity index (χ4n) is 4.02. The van der Waals surface area contributed by atoms with Gasteiger partial charge in [-0.05, 0) is 54.4 Å². The highest BCUT2D eigenvalue weighted by Crippen LogP contribution is 2.34. The minimum absolute atomic E-state index is 0.134. The van der Waals surface area contributed by atoms with Crippen LogP contribution in [-0.4, -0.2) is 42.1 Å². The second-order valence-electron chi connectivity index (χ2n) is 8.41. The zero-order chi connectivity index (χ0) is 27.1. The molecule has 37 heavy (non-hydrogen) atoms. The van der Waals surface area contributed by atoms with Crippen LogP contribution < -0.4 is 5.73 Å². The van der Waals surface area contributed by atoms with Gasteiger partial charge in [-0.25, -0.2) is 8.42 Å². The van der Waals surface area contributed by atoms with E-state index in [4.69, 9.17) is 5.73 Å². The molecule has 0 aliphatic heterocycles. The SMILES string of the molecule is Cc1c(C(=O)N(C)Cc2ccc3ncccc3c2)[nH]c(C(N)=O)c1S(=O)(=O)c1cccc(C(F)(F)F)c1. The summed E-state index contributed by atoms with van der Waals surface area (Å²) < 4.78 is 66.3. The molecular weight excluding hydrogens is 509 g/mol. The monoisotopic (exact) mass is 530 g/mol. The van der Waals surface area contributed by atoms with Crippen molar-refractivity contribution in [2.75, 3.05) is 7.05 Å². The third-order valence-electron chi connectivity index (χ3n) is 5.83. The number of rotatable bonds is 6. The van der Waals surface area contributed by atoms with E-state index < -0.39 is 48.9 Å². The number of sulfone groups is 1. The van der Waals surface area contributed by atoms with Gasteiger partial charge in [-0.2, -0.15) is 13.2 Å². The fourth-order valence-corrected chi connectivity index (χ4v) is 5.72. The zero-order valence-corrected chi connectivity index (χ0v) is 20.4. The number of amides is 2. The average Bonchev–Trinajstić information content (AvgIpc) is 3.21. The van der Waals surface area contributed by atoms with Crippen LogP contribution in [-0.2, 0) is 22.6 Å². The number of benzene rings is 2. The molecule has 192 valence electrons. The summed E-state index contributed by atoms with van der Waals surface area (Å²) in [6.45, 7) is 1.43. The largest absolute Gasteiger partial charge is 0.416 e. The smallest absolute Gasteiger partial charge is 0.364 e. The highest BCUT2D eigenvalue weighted by Gasteiger charge is 2.35. The van der Waals surface area contributed by atoms with Gasteiger partial charge in [0.1, 0.15) is 16.3 Å². The van der Waals surface area contributed by atoms with Crippen LogP contribution in [0.25, 0.3) is 10.9 Å². The Labute approximate surface area is 209 Å². The molecule has 4 aromatic rings. The number of aromatic nitrogens is 2.